The number of carbonyl (C=O) groups excluding carboxylic acids is 2. The van der Waals surface area contributed by atoms with E-state index in [4.69, 9.17) is 9.15 Å². The first-order valence-electron chi connectivity index (χ1n) is 10.7. The van der Waals surface area contributed by atoms with E-state index in [2.05, 4.69) is 5.32 Å². The van der Waals surface area contributed by atoms with E-state index in [1.807, 2.05) is 26.0 Å². The van der Waals surface area contributed by atoms with Gasteiger partial charge in [0.1, 0.15) is 23.9 Å². The molecule has 168 valence electrons. The van der Waals surface area contributed by atoms with Crippen molar-refractivity contribution in [1.29, 1.82) is 0 Å². The molecule has 1 aromatic carbocycles. The molecule has 1 fully saturated rings. The first kappa shape index (κ1) is 22.8. The Hall–Kier alpha value is -2.87. The van der Waals surface area contributed by atoms with Crippen molar-refractivity contribution in [2.45, 2.75) is 45.9 Å². The van der Waals surface area contributed by atoms with Crippen LogP contribution in [0.15, 0.2) is 40.8 Å². The molecule has 1 aliphatic heterocycles. The average molecular weight is 432 g/mol. The molecule has 2 heterocycles. The van der Waals surface area contributed by atoms with Gasteiger partial charge in [0.25, 0.3) is 0 Å². The number of rotatable bonds is 9. The molecule has 0 radical (unpaired) electrons. The van der Waals surface area contributed by atoms with E-state index < -0.39 is 0 Å². The number of urea groups is 1. The SMILES string of the molecule is CCNC(=O)N(CC(=O)N(Cc1ccc(F)cc1)Cc1ccc(C)o1)CC1CCCO1. The summed E-state index contributed by atoms with van der Waals surface area (Å²) >= 11 is 0. The van der Waals surface area contributed by atoms with Crippen molar-refractivity contribution in [1.82, 2.24) is 15.1 Å². The van der Waals surface area contributed by atoms with Gasteiger partial charge in [0.15, 0.2) is 0 Å². The number of furan rings is 1. The minimum absolute atomic E-state index is 0.0614. The number of carbonyl (C=O) groups is 2. The molecule has 1 atom stereocenters. The minimum Gasteiger partial charge on any atom is -0.464 e. The Morgan fingerprint density at radius 1 is 1.13 bits per heavy atom. The van der Waals surface area contributed by atoms with Crippen molar-refractivity contribution in [3.05, 3.63) is 59.3 Å². The fraction of sp³-hybridized carbons (Fsp3) is 0.478. The van der Waals surface area contributed by atoms with Gasteiger partial charge in [0.2, 0.25) is 5.91 Å². The maximum absolute atomic E-state index is 13.3. The van der Waals surface area contributed by atoms with E-state index in [0.717, 1.165) is 24.2 Å². The second-order valence-corrected chi connectivity index (χ2v) is 7.74. The van der Waals surface area contributed by atoms with Crippen molar-refractivity contribution in [3.8, 4) is 0 Å². The Labute approximate surface area is 182 Å². The lowest BCUT2D eigenvalue weighted by Crippen LogP contribution is -2.49. The molecule has 3 rings (SSSR count). The molecule has 0 spiro atoms. The second kappa shape index (κ2) is 10.9. The van der Waals surface area contributed by atoms with Crippen molar-refractivity contribution in [2.24, 2.45) is 0 Å². The van der Waals surface area contributed by atoms with Crippen LogP contribution in [-0.4, -0.2) is 54.1 Å². The molecule has 0 aliphatic carbocycles. The quantitative estimate of drug-likeness (QED) is 0.660. The van der Waals surface area contributed by atoms with Crippen molar-refractivity contribution in [2.75, 3.05) is 26.2 Å². The summed E-state index contributed by atoms with van der Waals surface area (Å²) in [6.45, 7) is 5.65. The lowest BCUT2D eigenvalue weighted by molar-refractivity contribution is -0.133. The van der Waals surface area contributed by atoms with E-state index >= 15 is 0 Å². The number of hydrogen-bond donors (Lipinski definition) is 1. The molecule has 0 bridgehead atoms. The number of nitrogens with zero attached hydrogens (tertiary/aromatic N) is 2. The molecule has 3 amide bonds. The van der Waals surface area contributed by atoms with Crippen molar-refractivity contribution >= 4 is 11.9 Å². The Morgan fingerprint density at radius 2 is 1.90 bits per heavy atom. The highest BCUT2D eigenvalue weighted by atomic mass is 19.1. The van der Waals surface area contributed by atoms with Gasteiger partial charge in [-0.1, -0.05) is 12.1 Å². The minimum atomic E-state index is -0.331. The number of nitrogens with one attached hydrogen (secondary N) is 1. The lowest BCUT2D eigenvalue weighted by Gasteiger charge is -2.29. The summed E-state index contributed by atoms with van der Waals surface area (Å²) in [5.74, 6) is 0.855. The van der Waals surface area contributed by atoms with Gasteiger partial charge in [0, 0.05) is 26.2 Å². The molecule has 0 saturated carbocycles. The Kier molecular flexibility index (Phi) is 8.06. The standard InChI is InChI=1S/C23H30FN3O4/c1-3-25-23(29)27(14-20-5-4-12-30-20)16-22(28)26(15-21-11-6-17(2)31-21)13-18-7-9-19(24)10-8-18/h6-11,20H,3-5,12-16H2,1-2H3,(H,25,29). The van der Waals surface area contributed by atoms with Crippen LogP contribution in [0.25, 0.3) is 0 Å². The number of hydrogen-bond acceptors (Lipinski definition) is 4. The highest BCUT2D eigenvalue weighted by Gasteiger charge is 2.26. The molecule has 7 nitrogen and oxygen atoms in total. The van der Waals surface area contributed by atoms with E-state index in [0.29, 0.717) is 25.5 Å². The summed E-state index contributed by atoms with van der Waals surface area (Å²) in [6, 6.07) is 9.42. The number of amides is 3. The summed E-state index contributed by atoms with van der Waals surface area (Å²) in [5, 5.41) is 2.77. The molecular weight excluding hydrogens is 401 g/mol. The molecule has 1 saturated heterocycles. The summed E-state index contributed by atoms with van der Waals surface area (Å²) in [6.07, 6.45) is 1.76. The van der Waals surface area contributed by atoms with Crippen LogP contribution in [0.5, 0.6) is 0 Å². The molecular formula is C23H30FN3O4. The normalized spacial score (nSPS) is 15.6. The second-order valence-electron chi connectivity index (χ2n) is 7.74. The highest BCUT2D eigenvalue weighted by Crippen LogP contribution is 2.16. The van der Waals surface area contributed by atoms with Crippen LogP contribution in [0.4, 0.5) is 9.18 Å². The smallest absolute Gasteiger partial charge is 0.317 e. The van der Waals surface area contributed by atoms with Crippen LogP contribution in [0, 0.1) is 12.7 Å². The van der Waals surface area contributed by atoms with E-state index in [1.54, 1.807) is 17.0 Å². The van der Waals surface area contributed by atoms with Gasteiger partial charge in [-0.15, -0.1) is 0 Å². The van der Waals surface area contributed by atoms with E-state index in [-0.39, 0.29) is 43.5 Å². The van der Waals surface area contributed by atoms with Gasteiger partial charge < -0.3 is 24.3 Å². The summed E-state index contributed by atoms with van der Waals surface area (Å²) in [7, 11) is 0. The third kappa shape index (κ3) is 6.82. The first-order valence-corrected chi connectivity index (χ1v) is 10.7. The third-order valence-corrected chi connectivity index (χ3v) is 5.17. The summed E-state index contributed by atoms with van der Waals surface area (Å²) in [4.78, 5) is 29.0. The Bertz CT molecular complexity index is 862. The van der Waals surface area contributed by atoms with Gasteiger partial charge in [-0.25, -0.2) is 9.18 Å². The first-order chi connectivity index (χ1) is 14.9. The predicted molar refractivity (Wildman–Crippen MR) is 114 cm³/mol. The van der Waals surface area contributed by atoms with Crippen LogP contribution in [0.2, 0.25) is 0 Å². The number of benzene rings is 1. The van der Waals surface area contributed by atoms with E-state index in [1.165, 1.54) is 17.0 Å². The highest BCUT2D eigenvalue weighted by molar-refractivity contribution is 5.84. The van der Waals surface area contributed by atoms with Crippen molar-refractivity contribution in [3.63, 3.8) is 0 Å². The molecule has 1 unspecified atom stereocenters. The third-order valence-electron chi connectivity index (χ3n) is 5.17. The van der Waals surface area contributed by atoms with Crippen LogP contribution in [-0.2, 0) is 22.6 Å². The van der Waals surface area contributed by atoms with Gasteiger partial charge in [-0.2, -0.15) is 0 Å². The van der Waals surface area contributed by atoms with Crippen LogP contribution < -0.4 is 5.32 Å². The van der Waals surface area contributed by atoms with Crippen LogP contribution >= 0.6 is 0 Å². The number of ether oxygens (including phenoxy) is 1. The molecule has 31 heavy (non-hydrogen) atoms. The number of aryl methyl sites for hydroxylation is 1. The fourth-order valence-electron chi connectivity index (χ4n) is 3.58. The molecule has 2 aromatic rings. The summed E-state index contributed by atoms with van der Waals surface area (Å²) in [5.41, 5.74) is 0.793. The zero-order valence-electron chi connectivity index (χ0n) is 18.1. The maximum atomic E-state index is 13.3. The monoisotopic (exact) mass is 431 g/mol. The van der Waals surface area contributed by atoms with Gasteiger partial charge in [-0.05, 0) is 56.5 Å². The topological polar surface area (TPSA) is 75.0 Å². The van der Waals surface area contributed by atoms with Gasteiger partial charge in [-0.3, -0.25) is 4.79 Å². The Morgan fingerprint density at radius 3 is 2.52 bits per heavy atom. The van der Waals surface area contributed by atoms with Gasteiger partial charge >= 0.3 is 6.03 Å². The van der Waals surface area contributed by atoms with Crippen LogP contribution in [0.3, 0.4) is 0 Å². The van der Waals surface area contributed by atoms with Crippen LogP contribution in [0.1, 0.15) is 36.8 Å². The van der Waals surface area contributed by atoms with Crippen molar-refractivity contribution < 1.29 is 23.1 Å². The Balaban J connectivity index is 1.74. The lowest BCUT2D eigenvalue weighted by atomic mass is 10.2. The average Bonchev–Trinajstić information content (AvgIpc) is 3.40. The molecule has 1 N–H and O–H groups in total. The van der Waals surface area contributed by atoms with Gasteiger partial charge in [0.05, 0.1) is 12.6 Å². The maximum Gasteiger partial charge on any atom is 0.317 e. The molecule has 1 aliphatic rings. The zero-order valence-corrected chi connectivity index (χ0v) is 18.1. The number of halogens is 1. The zero-order chi connectivity index (χ0) is 22.2. The largest absolute Gasteiger partial charge is 0.464 e. The molecule has 1 aromatic heterocycles. The fourth-order valence-corrected chi connectivity index (χ4v) is 3.58. The summed E-state index contributed by atoms with van der Waals surface area (Å²) < 4.78 is 24.6. The van der Waals surface area contributed by atoms with E-state index in [9.17, 15) is 14.0 Å². The molecule has 8 heteroatoms. The predicted octanol–water partition coefficient (Wildman–Crippen LogP) is 3.47.